The molecule has 0 bridgehead atoms. The number of hydrogen-bond acceptors (Lipinski definition) is 1. The van der Waals surface area contributed by atoms with Gasteiger partial charge in [-0.05, 0) is 43.2 Å². The summed E-state index contributed by atoms with van der Waals surface area (Å²) < 4.78 is 12.8. The van der Waals surface area contributed by atoms with Gasteiger partial charge in [0.15, 0.2) is 0 Å². The number of aryl methyl sites for hydroxylation is 1. The number of halogens is 1. The minimum Gasteiger partial charge on any atom is -0.345 e. The van der Waals surface area contributed by atoms with Crippen LogP contribution in [0.4, 0.5) is 4.39 Å². The molecule has 1 N–H and O–H groups in total. The summed E-state index contributed by atoms with van der Waals surface area (Å²) in [5.74, 6) is -0.524. The summed E-state index contributed by atoms with van der Waals surface area (Å²) in [6, 6.07) is 13.6. The van der Waals surface area contributed by atoms with Gasteiger partial charge in [-0.15, -0.1) is 0 Å². The van der Waals surface area contributed by atoms with E-state index in [0.29, 0.717) is 5.56 Å². The predicted octanol–water partition coefficient (Wildman–Crippen LogP) is 4.02. The molecule has 2 aromatic carbocycles. The normalized spacial score (nSPS) is 11.9. The number of carbonyl (C=O) groups is 1. The fourth-order valence-electron chi connectivity index (χ4n) is 2.06. The minimum atomic E-state index is -0.341. The van der Waals surface area contributed by atoms with Crippen molar-refractivity contribution in [2.45, 2.75) is 26.3 Å². The molecule has 1 amide bonds. The summed E-state index contributed by atoms with van der Waals surface area (Å²) in [5, 5.41) is 2.98. The molecule has 0 heterocycles. The van der Waals surface area contributed by atoms with Crippen LogP contribution in [-0.2, 0) is 0 Å². The summed E-state index contributed by atoms with van der Waals surface area (Å²) in [6.07, 6.45) is 0.802. The lowest BCUT2D eigenvalue weighted by Gasteiger charge is -2.17. The van der Waals surface area contributed by atoms with E-state index in [0.717, 1.165) is 12.0 Å². The third kappa shape index (κ3) is 3.44. The molecule has 0 fully saturated rings. The second-order valence-electron chi connectivity index (χ2n) is 4.85. The quantitative estimate of drug-likeness (QED) is 0.894. The maximum Gasteiger partial charge on any atom is 0.251 e. The highest BCUT2D eigenvalue weighted by molar-refractivity contribution is 5.94. The van der Waals surface area contributed by atoms with Crippen LogP contribution in [0.1, 0.15) is 40.9 Å². The van der Waals surface area contributed by atoms with E-state index < -0.39 is 0 Å². The Morgan fingerprint density at radius 2 is 1.70 bits per heavy atom. The van der Waals surface area contributed by atoms with Crippen LogP contribution < -0.4 is 5.32 Å². The van der Waals surface area contributed by atoms with Gasteiger partial charge in [-0.3, -0.25) is 4.79 Å². The molecule has 1 atom stereocenters. The van der Waals surface area contributed by atoms with Gasteiger partial charge in [-0.1, -0.05) is 36.8 Å². The molecule has 0 aliphatic carbocycles. The number of benzene rings is 2. The van der Waals surface area contributed by atoms with E-state index in [4.69, 9.17) is 0 Å². The van der Waals surface area contributed by atoms with Crippen molar-refractivity contribution in [3.63, 3.8) is 0 Å². The van der Waals surface area contributed by atoms with E-state index >= 15 is 0 Å². The van der Waals surface area contributed by atoms with Crippen molar-refractivity contribution in [3.8, 4) is 0 Å². The zero-order valence-corrected chi connectivity index (χ0v) is 11.7. The Bertz CT molecular complexity index is 575. The van der Waals surface area contributed by atoms with Gasteiger partial charge in [-0.2, -0.15) is 0 Å². The van der Waals surface area contributed by atoms with Crippen molar-refractivity contribution in [1.82, 2.24) is 5.32 Å². The topological polar surface area (TPSA) is 29.1 Å². The van der Waals surface area contributed by atoms with Crippen molar-refractivity contribution >= 4 is 5.91 Å². The molecule has 0 saturated carbocycles. The molecule has 20 heavy (non-hydrogen) atoms. The molecule has 2 aromatic rings. The first kappa shape index (κ1) is 14.3. The Balaban J connectivity index is 2.11. The van der Waals surface area contributed by atoms with Crippen LogP contribution in [0.2, 0.25) is 0 Å². The highest BCUT2D eigenvalue weighted by atomic mass is 19.1. The van der Waals surface area contributed by atoms with E-state index in [2.05, 4.69) is 5.32 Å². The van der Waals surface area contributed by atoms with Crippen LogP contribution in [0.25, 0.3) is 0 Å². The molecule has 2 nitrogen and oxygen atoms in total. The Morgan fingerprint density at radius 1 is 1.10 bits per heavy atom. The first-order chi connectivity index (χ1) is 9.60. The zero-order valence-electron chi connectivity index (χ0n) is 11.7. The molecule has 2 rings (SSSR count). The van der Waals surface area contributed by atoms with Crippen molar-refractivity contribution in [2.75, 3.05) is 0 Å². The third-order valence-corrected chi connectivity index (χ3v) is 3.30. The highest BCUT2D eigenvalue weighted by Gasteiger charge is 2.13. The van der Waals surface area contributed by atoms with Gasteiger partial charge in [0.1, 0.15) is 5.82 Å². The molecule has 104 valence electrons. The van der Waals surface area contributed by atoms with E-state index in [-0.39, 0.29) is 17.8 Å². The maximum atomic E-state index is 12.8. The van der Waals surface area contributed by atoms with Crippen molar-refractivity contribution < 1.29 is 9.18 Å². The van der Waals surface area contributed by atoms with Gasteiger partial charge in [0.05, 0.1) is 6.04 Å². The number of hydrogen-bond donors (Lipinski definition) is 1. The van der Waals surface area contributed by atoms with Crippen LogP contribution in [0.3, 0.4) is 0 Å². The molecule has 0 spiro atoms. The van der Waals surface area contributed by atoms with Gasteiger partial charge < -0.3 is 5.32 Å². The van der Waals surface area contributed by atoms with Gasteiger partial charge in [0.2, 0.25) is 0 Å². The molecule has 0 aliphatic heterocycles. The van der Waals surface area contributed by atoms with Gasteiger partial charge >= 0.3 is 0 Å². The summed E-state index contributed by atoms with van der Waals surface area (Å²) in [6.45, 7) is 4.05. The number of nitrogens with one attached hydrogen (secondary N) is 1. The number of carbonyl (C=O) groups excluding carboxylic acids is 1. The lowest BCUT2D eigenvalue weighted by Crippen LogP contribution is -2.28. The molecular formula is C17H18FNO. The average molecular weight is 271 g/mol. The van der Waals surface area contributed by atoms with Crippen LogP contribution in [-0.4, -0.2) is 5.91 Å². The minimum absolute atomic E-state index is 0.0341. The van der Waals surface area contributed by atoms with Gasteiger partial charge in [-0.25, -0.2) is 4.39 Å². The molecule has 0 aromatic heterocycles. The van der Waals surface area contributed by atoms with Crippen LogP contribution in [0.15, 0.2) is 48.5 Å². The molecular weight excluding hydrogens is 253 g/mol. The van der Waals surface area contributed by atoms with E-state index in [9.17, 15) is 9.18 Å². The van der Waals surface area contributed by atoms with E-state index in [1.54, 1.807) is 0 Å². The lowest BCUT2D eigenvalue weighted by molar-refractivity contribution is 0.0935. The first-order valence-corrected chi connectivity index (χ1v) is 6.73. The van der Waals surface area contributed by atoms with E-state index in [1.807, 2.05) is 38.1 Å². The lowest BCUT2D eigenvalue weighted by atomic mass is 10.0. The van der Waals surface area contributed by atoms with Crippen molar-refractivity contribution in [1.29, 1.82) is 0 Å². The molecule has 3 heteroatoms. The fourth-order valence-corrected chi connectivity index (χ4v) is 2.06. The Morgan fingerprint density at radius 3 is 2.25 bits per heavy atom. The summed E-state index contributed by atoms with van der Waals surface area (Å²) in [7, 11) is 0. The Hall–Kier alpha value is -2.16. The molecule has 0 aliphatic rings. The number of amides is 1. The smallest absolute Gasteiger partial charge is 0.251 e. The summed E-state index contributed by atoms with van der Waals surface area (Å²) in [4.78, 5) is 12.1. The van der Waals surface area contributed by atoms with Crippen molar-refractivity contribution in [3.05, 3.63) is 71.0 Å². The maximum absolute atomic E-state index is 12.8. The Kier molecular flexibility index (Phi) is 4.51. The monoisotopic (exact) mass is 271 g/mol. The average Bonchev–Trinajstić information content (AvgIpc) is 2.46. The van der Waals surface area contributed by atoms with Crippen molar-refractivity contribution in [2.24, 2.45) is 0 Å². The highest BCUT2D eigenvalue weighted by Crippen LogP contribution is 2.18. The zero-order chi connectivity index (χ0) is 14.5. The summed E-state index contributed by atoms with van der Waals surface area (Å²) >= 11 is 0. The van der Waals surface area contributed by atoms with Crippen LogP contribution in [0.5, 0.6) is 0 Å². The second-order valence-corrected chi connectivity index (χ2v) is 4.85. The third-order valence-electron chi connectivity index (χ3n) is 3.30. The summed E-state index contributed by atoms with van der Waals surface area (Å²) in [5.41, 5.74) is 2.74. The molecule has 0 unspecified atom stereocenters. The van der Waals surface area contributed by atoms with Gasteiger partial charge in [0.25, 0.3) is 5.91 Å². The van der Waals surface area contributed by atoms with Crippen LogP contribution >= 0.6 is 0 Å². The molecule has 0 saturated heterocycles. The van der Waals surface area contributed by atoms with Gasteiger partial charge in [0, 0.05) is 5.56 Å². The SMILES string of the molecule is CC[C@@H](NC(=O)c1ccc(F)cc1)c1ccc(C)cc1. The number of rotatable bonds is 4. The molecule has 0 radical (unpaired) electrons. The largest absolute Gasteiger partial charge is 0.345 e. The second kappa shape index (κ2) is 6.33. The fraction of sp³-hybridized carbons (Fsp3) is 0.235. The Labute approximate surface area is 118 Å². The van der Waals surface area contributed by atoms with E-state index in [1.165, 1.54) is 29.8 Å². The first-order valence-electron chi connectivity index (χ1n) is 6.73. The standard InChI is InChI=1S/C17H18FNO/c1-3-16(13-6-4-12(2)5-7-13)19-17(20)14-8-10-15(18)11-9-14/h4-11,16H,3H2,1-2H3,(H,19,20)/t16-/m1/s1. The van der Waals surface area contributed by atoms with Crippen LogP contribution in [0, 0.1) is 12.7 Å². The predicted molar refractivity (Wildman–Crippen MR) is 78.1 cm³/mol.